The third-order valence-corrected chi connectivity index (χ3v) is 2.41. The van der Waals surface area contributed by atoms with Gasteiger partial charge in [-0.25, -0.2) is 0 Å². The second-order valence-corrected chi connectivity index (χ2v) is 3.30. The topological polar surface area (TPSA) is 16.5 Å². The van der Waals surface area contributed by atoms with Crippen molar-refractivity contribution in [2.75, 3.05) is 13.1 Å². The summed E-state index contributed by atoms with van der Waals surface area (Å²) in [6, 6.07) is 1.58. The Labute approximate surface area is 56.2 Å². The van der Waals surface area contributed by atoms with Gasteiger partial charge < -0.3 is 10.2 Å². The van der Waals surface area contributed by atoms with Crippen molar-refractivity contribution >= 4 is 0 Å². The van der Waals surface area contributed by atoms with E-state index >= 15 is 0 Å². The zero-order valence-corrected chi connectivity index (χ0v) is 5.69. The third kappa shape index (κ3) is 0.970. The zero-order valence-electron chi connectivity index (χ0n) is 5.69. The monoisotopic (exact) mass is 126 g/mol. The fourth-order valence-corrected chi connectivity index (χ4v) is 2.00. The Hall–Kier alpha value is -0.0800. The van der Waals surface area contributed by atoms with Crippen molar-refractivity contribution < 1.29 is 4.90 Å². The van der Waals surface area contributed by atoms with Gasteiger partial charge >= 0.3 is 0 Å². The molecule has 0 spiro atoms. The maximum atomic E-state index is 4.01. The first-order valence-electron chi connectivity index (χ1n) is 3.77. The molecule has 2 bridgehead atoms. The molecule has 2 aliphatic heterocycles. The van der Waals surface area contributed by atoms with Crippen LogP contribution < -0.4 is 10.2 Å². The van der Waals surface area contributed by atoms with E-state index in [0.717, 1.165) is 12.1 Å². The minimum atomic E-state index is 0.788. The molecule has 0 aromatic rings. The molecule has 0 aliphatic carbocycles. The van der Waals surface area contributed by atoms with Gasteiger partial charge in [0.25, 0.3) is 0 Å². The summed E-state index contributed by atoms with van der Waals surface area (Å²) in [6.07, 6.45) is 2.76. The molecule has 2 saturated heterocycles. The maximum Gasteiger partial charge on any atom is 0.0687 e. The lowest BCUT2D eigenvalue weighted by atomic mass is 10.2. The fourth-order valence-electron chi connectivity index (χ4n) is 2.00. The predicted octanol–water partition coefficient (Wildman–Crippen LogP) is -1.20. The second-order valence-electron chi connectivity index (χ2n) is 3.30. The highest BCUT2D eigenvalue weighted by molar-refractivity contribution is 4.85. The van der Waals surface area contributed by atoms with Crippen molar-refractivity contribution in [2.45, 2.75) is 24.9 Å². The minimum absolute atomic E-state index is 0.788. The number of quaternary nitrogens is 1. The molecule has 2 aliphatic rings. The van der Waals surface area contributed by atoms with E-state index in [1.807, 2.05) is 0 Å². The summed E-state index contributed by atoms with van der Waals surface area (Å²) in [5, 5.41) is 3.56. The Bertz CT molecular complexity index is 101. The van der Waals surface area contributed by atoms with Crippen LogP contribution in [0.15, 0.2) is 0 Å². The molecule has 0 radical (unpaired) electrons. The van der Waals surface area contributed by atoms with Crippen LogP contribution in [0.3, 0.4) is 0 Å². The van der Waals surface area contributed by atoms with Gasteiger partial charge in [0.05, 0.1) is 25.2 Å². The molecule has 2 unspecified atom stereocenters. The summed E-state index contributed by atoms with van der Waals surface area (Å²) < 4.78 is 0. The van der Waals surface area contributed by atoms with Crippen molar-refractivity contribution in [2.24, 2.45) is 0 Å². The van der Waals surface area contributed by atoms with Crippen molar-refractivity contribution in [1.29, 1.82) is 0 Å². The van der Waals surface area contributed by atoms with Gasteiger partial charge in [0.1, 0.15) is 0 Å². The molecule has 52 valence electrons. The van der Waals surface area contributed by atoms with Crippen LogP contribution in [-0.2, 0) is 0 Å². The number of hydrogen-bond acceptors (Lipinski definition) is 1. The molecule has 2 atom stereocenters. The van der Waals surface area contributed by atoms with E-state index in [9.17, 15) is 0 Å². The summed E-state index contributed by atoms with van der Waals surface area (Å²) in [5.41, 5.74) is 0. The third-order valence-electron chi connectivity index (χ3n) is 2.41. The minimum Gasteiger partial charge on any atom is -0.465 e. The molecule has 2 nitrogen and oxygen atoms in total. The number of fused-ring (bicyclic) bond motifs is 2. The van der Waals surface area contributed by atoms with Gasteiger partial charge in [-0.3, -0.25) is 0 Å². The normalized spacial score (nSPS) is 49.7. The zero-order chi connectivity index (χ0) is 6.27. The molecule has 2 heterocycles. The van der Waals surface area contributed by atoms with Crippen molar-refractivity contribution in [3.05, 3.63) is 7.05 Å². The lowest BCUT2D eigenvalue weighted by molar-refractivity contribution is -0.860. The highest BCUT2D eigenvalue weighted by Crippen LogP contribution is 2.11. The fraction of sp³-hybridized carbons (Fsp3) is 0.857. The lowest BCUT2D eigenvalue weighted by Gasteiger charge is -2.31. The summed E-state index contributed by atoms with van der Waals surface area (Å²) >= 11 is 0. The Morgan fingerprint density at radius 1 is 1.22 bits per heavy atom. The van der Waals surface area contributed by atoms with Crippen molar-refractivity contribution in [1.82, 2.24) is 5.32 Å². The van der Waals surface area contributed by atoms with Crippen LogP contribution in [0.4, 0.5) is 0 Å². The maximum absolute atomic E-state index is 4.01. The highest BCUT2D eigenvalue weighted by atomic mass is 15.2. The molecule has 0 aromatic heterocycles. The van der Waals surface area contributed by atoms with E-state index in [4.69, 9.17) is 0 Å². The van der Waals surface area contributed by atoms with E-state index in [2.05, 4.69) is 12.4 Å². The summed E-state index contributed by atoms with van der Waals surface area (Å²) in [6.45, 7) is 2.47. The Morgan fingerprint density at radius 3 is 2.33 bits per heavy atom. The Kier molecular flexibility index (Phi) is 1.24. The molecule has 9 heavy (non-hydrogen) atoms. The van der Waals surface area contributed by atoms with Crippen LogP contribution in [0.25, 0.3) is 0 Å². The molecule has 0 saturated carbocycles. The molecule has 2 rings (SSSR count). The van der Waals surface area contributed by atoms with Crippen LogP contribution in [0.1, 0.15) is 12.8 Å². The van der Waals surface area contributed by atoms with Gasteiger partial charge in [0.15, 0.2) is 0 Å². The van der Waals surface area contributed by atoms with Crippen LogP contribution in [0.2, 0.25) is 0 Å². The number of rotatable bonds is 0. The van der Waals surface area contributed by atoms with Crippen LogP contribution >= 0.6 is 0 Å². The highest BCUT2D eigenvalue weighted by Gasteiger charge is 2.30. The smallest absolute Gasteiger partial charge is 0.0687 e. The van der Waals surface area contributed by atoms with E-state index in [-0.39, 0.29) is 0 Å². The molecule has 2 heteroatoms. The van der Waals surface area contributed by atoms with Gasteiger partial charge in [0, 0.05) is 0 Å². The lowest BCUT2D eigenvalue weighted by Crippen LogP contribution is -3.11. The van der Waals surface area contributed by atoms with Gasteiger partial charge in [0.2, 0.25) is 0 Å². The van der Waals surface area contributed by atoms with E-state index in [1.165, 1.54) is 30.8 Å². The second kappa shape index (κ2) is 1.96. The number of piperazine rings is 1. The summed E-state index contributed by atoms with van der Waals surface area (Å²) in [4.78, 5) is 1.46. The molecular weight excluding hydrogens is 112 g/mol. The molecule has 2 fully saturated rings. The number of likely N-dealkylation sites (tertiary alicyclic amines) is 1. The van der Waals surface area contributed by atoms with Crippen molar-refractivity contribution in [3.8, 4) is 0 Å². The van der Waals surface area contributed by atoms with E-state index < -0.39 is 0 Å². The van der Waals surface area contributed by atoms with Gasteiger partial charge in [-0.2, -0.15) is 7.05 Å². The van der Waals surface area contributed by atoms with Gasteiger partial charge in [-0.1, -0.05) is 0 Å². The first-order chi connectivity index (χ1) is 4.34. The Morgan fingerprint density at radius 2 is 1.78 bits per heavy atom. The average Bonchev–Trinajstić information content (AvgIpc) is 2.11. The van der Waals surface area contributed by atoms with Crippen LogP contribution in [0.5, 0.6) is 0 Å². The van der Waals surface area contributed by atoms with Gasteiger partial charge in [-0.05, 0) is 12.8 Å². The van der Waals surface area contributed by atoms with Crippen LogP contribution in [-0.4, -0.2) is 25.2 Å². The first kappa shape index (κ1) is 5.69. The van der Waals surface area contributed by atoms with E-state index in [0.29, 0.717) is 0 Å². The number of nitrogens with one attached hydrogen (secondary N) is 2. The quantitative estimate of drug-likeness (QED) is 0.390. The molecule has 0 amide bonds. The molecule has 0 aromatic carbocycles. The van der Waals surface area contributed by atoms with Crippen molar-refractivity contribution in [3.63, 3.8) is 0 Å². The van der Waals surface area contributed by atoms with E-state index in [1.54, 1.807) is 0 Å². The van der Waals surface area contributed by atoms with Gasteiger partial charge in [-0.15, -0.1) is 0 Å². The Balaban J connectivity index is 2.03. The molecular formula is C7H14N2. The molecule has 2 N–H and O–H groups in total. The SMILES string of the molecule is [CH2-][NH+]1CC2CCC(C1)N2. The predicted molar refractivity (Wildman–Crippen MR) is 36.0 cm³/mol. The standard InChI is InChI=1S/C7H14N2/c1-9-4-6-2-3-7(5-9)8-6/h6-9H,1-5H2. The average molecular weight is 126 g/mol. The number of hydrogen-bond donors (Lipinski definition) is 2. The first-order valence-corrected chi connectivity index (χ1v) is 3.77. The largest absolute Gasteiger partial charge is 0.465 e. The summed E-state index contributed by atoms with van der Waals surface area (Å²) in [5.74, 6) is 0. The summed E-state index contributed by atoms with van der Waals surface area (Å²) in [7, 11) is 4.01. The van der Waals surface area contributed by atoms with Crippen LogP contribution in [0, 0.1) is 7.05 Å².